The highest BCUT2D eigenvalue weighted by atomic mass is 35.5. The minimum Gasteiger partial charge on any atom is -0.389 e. The van der Waals surface area contributed by atoms with E-state index in [-0.39, 0.29) is 18.5 Å². The smallest absolute Gasteiger partial charge is 0.227 e. The van der Waals surface area contributed by atoms with Gasteiger partial charge in [-0.25, -0.2) is 14.4 Å². The number of nitrogens with one attached hydrogen (secondary N) is 1. The van der Waals surface area contributed by atoms with Crippen molar-refractivity contribution < 1.29 is 14.2 Å². The van der Waals surface area contributed by atoms with Gasteiger partial charge in [-0.2, -0.15) is 5.10 Å². The number of aromatic nitrogens is 4. The molecule has 2 N–H and O–H groups in total. The molecule has 2 unspecified atom stereocenters. The number of hydrogen-bond acceptors (Lipinski definition) is 7. The van der Waals surface area contributed by atoms with Gasteiger partial charge in [0.2, 0.25) is 5.95 Å². The number of fused-ring (bicyclic) bond motifs is 1. The number of aryl methyl sites for hydroxylation is 1. The Labute approximate surface area is 194 Å². The Hall–Kier alpha value is -2.04. The van der Waals surface area contributed by atoms with Crippen LogP contribution in [0, 0.1) is 0 Å². The Bertz CT molecular complexity index is 1140. The van der Waals surface area contributed by atoms with Crippen molar-refractivity contribution >= 4 is 45.7 Å². The van der Waals surface area contributed by atoms with Gasteiger partial charge in [0.15, 0.2) is 0 Å². The number of aliphatic hydroxyl groups is 1. The third-order valence-electron chi connectivity index (χ3n) is 6.27. The highest BCUT2D eigenvalue weighted by Crippen LogP contribution is 2.38. The minimum absolute atomic E-state index is 0.151. The fourth-order valence-corrected chi connectivity index (χ4v) is 4.95. The monoisotopic (exact) mass is 480 g/mol. The number of aliphatic hydroxyl groups excluding tert-OH is 1. The molecule has 2 saturated heterocycles. The van der Waals surface area contributed by atoms with Gasteiger partial charge in [0.25, 0.3) is 0 Å². The van der Waals surface area contributed by atoms with Crippen molar-refractivity contribution in [3.8, 4) is 0 Å². The van der Waals surface area contributed by atoms with Crippen LogP contribution in [0.15, 0.2) is 24.5 Å². The van der Waals surface area contributed by atoms with E-state index in [1.807, 2.05) is 11.0 Å². The zero-order valence-corrected chi connectivity index (χ0v) is 18.9. The highest BCUT2D eigenvalue weighted by Gasteiger charge is 2.39. The molecular formula is C21H23Cl2FN6O2. The summed E-state index contributed by atoms with van der Waals surface area (Å²) in [5, 5.41) is 18.9. The van der Waals surface area contributed by atoms with E-state index in [0.29, 0.717) is 53.5 Å². The van der Waals surface area contributed by atoms with Crippen LogP contribution < -0.4 is 5.32 Å². The lowest BCUT2D eigenvalue weighted by Crippen LogP contribution is -2.50. The summed E-state index contributed by atoms with van der Waals surface area (Å²) in [6.07, 6.45) is 2.18. The second kappa shape index (κ2) is 8.72. The lowest BCUT2D eigenvalue weighted by Gasteiger charge is -2.39. The lowest BCUT2D eigenvalue weighted by atomic mass is 9.86. The number of piperidine rings is 1. The van der Waals surface area contributed by atoms with Crippen LogP contribution in [-0.4, -0.2) is 74.4 Å². The number of likely N-dealkylation sites (tertiary alicyclic amines) is 1. The SMILES string of the molecule is Cn1ncc(Nc2ncc3cc(Cl)c(C4CCN([C@@H]5COCC5O)C[C@@H]4F)cc3n2)c1Cl. The Kier molecular flexibility index (Phi) is 5.94. The number of nitrogens with zero attached hydrogens (tertiary/aromatic N) is 5. The van der Waals surface area contributed by atoms with Crippen molar-refractivity contribution in [3.05, 3.63) is 40.3 Å². The van der Waals surface area contributed by atoms with E-state index in [1.165, 1.54) is 4.68 Å². The van der Waals surface area contributed by atoms with Crippen LogP contribution in [0.2, 0.25) is 10.2 Å². The molecule has 2 fully saturated rings. The summed E-state index contributed by atoms with van der Waals surface area (Å²) in [6, 6.07) is 3.47. The van der Waals surface area contributed by atoms with E-state index in [2.05, 4.69) is 20.4 Å². The second-order valence-electron chi connectivity index (χ2n) is 8.30. The van der Waals surface area contributed by atoms with Crippen LogP contribution in [0.4, 0.5) is 16.0 Å². The normalized spacial score (nSPS) is 26.7. The first-order chi connectivity index (χ1) is 15.4. The Morgan fingerprint density at radius 3 is 2.78 bits per heavy atom. The molecule has 0 spiro atoms. The molecular weight excluding hydrogens is 458 g/mol. The van der Waals surface area contributed by atoms with Crippen molar-refractivity contribution in [2.45, 2.75) is 30.7 Å². The summed E-state index contributed by atoms with van der Waals surface area (Å²) in [5.74, 6) is 0.0178. The van der Waals surface area contributed by atoms with Crippen LogP contribution in [-0.2, 0) is 11.8 Å². The molecule has 11 heteroatoms. The first-order valence-electron chi connectivity index (χ1n) is 10.5. The molecule has 2 aliphatic rings. The summed E-state index contributed by atoms with van der Waals surface area (Å²) in [5.41, 5.74) is 1.99. The molecule has 0 amide bonds. The largest absolute Gasteiger partial charge is 0.389 e. The van der Waals surface area contributed by atoms with Gasteiger partial charge in [-0.05, 0) is 30.7 Å². The average Bonchev–Trinajstić information content (AvgIpc) is 3.34. The third kappa shape index (κ3) is 4.04. The fraction of sp³-hybridized carbons (Fsp3) is 0.476. The molecule has 4 atom stereocenters. The maximum atomic E-state index is 15.3. The number of ether oxygens (including phenoxy) is 1. The quantitative estimate of drug-likeness (QED) is 0.591. The number of hydrogen-bond donors (Lipinski definition) is 2. The third-order valence-corrected chi connectivity index (χ3v) is 7.05. The topological polar surface area (TPSA) is 88.3 Å². The molecule has 5 rings (SSSR count). The maximum Gasteiger partial charge on any atom is 0.227 e. The van der Waals surface area contributed by atoms with E-state index in [9.17, 15) is 5.11 Å². The second-order valence-corrected chi connectivity index (χ2v) is 9.07. The van der Waals surface area contributed by atoms with E-state index in [4.69, 9.17) is 27.9 Å². The minimum atomic E-state index is -1.11. The first-order valence-corrected chi connectivity index (χ1v) is 11.2. The summed E-state index contributed by atoms with van der Waals surface area (Å²) < 4.78 is 22.1. The van der Waals surface area contributed by atoms with Gasteiger partial charge in [-0.1, -0.05) is 23.2 Å². The van der Waals surface area contributed by atoms with Crippen LogP contribution >= 0.6 is 23.2 Å². The standard InChI is InChI=1S/C21H23Cl2FN6O2/c1-29-20(23)17(7-26-29)28-21-25-6-11-4-14(22)13(5-16(11)27-21)12-2-3-30(8-15(12)24)18-9-32-10-19(18)31/h4-7,12,15,18-19,31H,2-3,8-10H2,1H3,(H,25,27,28)/t12?,15-,18+,19?/m0/s1. The van der Waals surface area contributed by atoms with Gasteiger partial charge in [0.1, 0.15) is 11.3 Å². The first kappa shape index (κ1) is 21.8. The molecule has 0 aliphatic carbocycles. The molecule has 0 radical (unpaired) electrons. The number of rotatable bonds is 4. The molecule has 4 heterocycles. The predicted molar refractivity (Wildman–Crippen MR) is 120 cm³/mol. The molecule has 2 aromatic heterocycles. The molecule has 0 bridgehead atoms. The number of anilines is 2. The van der Waals surface area contributed by atoms with Gasteiger partial charge in [-0.3, -0.25) is 9.58 Å². The van der Waals surface area contributed by atoms with E-state index in [1.54, 1.807) is 25.5 Å². The van der Waals surface area contributed by atoms with E-state index < -0.39 is 12.3 Å². The van der Waals surface area contributed by atoms with Gasteiger partial charge >= 0.3 is 0 Å². The molecule has 3 aromatic rings. The van der Waals surface area contributed by atoms with Crippen molar-refractivity contribution in [2.24, 2.45) is 7.05 Å². The van der Waals surface area contributed by atoms with Gasteiger partial charge < -0.3 is 15.2 Å². The van der Waals surface area contributed by atoms with Gasteiger partial charge in [0, 0.05) is 36.1 Å². The van der Waals surface area contributed by atoms with E-state index >= 15 is 4.39 Å². The molecule has 0 saturated carbocycles. The number of alkyl halides is 1. The summed E-state index contributed by atoms with van der Waals surface area (Å²) in [7, 11) is 1.74. The van der Waals surface area contributed by atoms with Crippen LogP contribution in [0.3, 0.4) is 0 Å². The molecule has 8 nitrogen and oxygen atoms in total. The van der Waals surface area contributed by atoms with Crippen LogP contribution in [0.25, 0.3) is 10.9 Å². The number of benzene rings is 1. The van der Waals surface area contributed by atoms with Crippen molar-refractivity contribution in [3.63, 3.8) is 0 Å². The lowest BCUT2D eigenvalue weighted by molar-refractivity contribution is 0.0353. The van der Waals surface area contributed by atoms with E-state index in [0.717, 1.165) is 10.9 Å². The van der Waals surface area contributed by atoms with Gasteiger partial charge in [0.05, 0.1) is 42.8 Å². The molecule has 170 valence electrons. The molecule has 2 aliphatic heterocycles. The average molecular weight is 481 g/mol. The highest BCUT2D eigenvalue weighted by molar-refractivity contribution is 6.32. The van der Waals surface area contributed by atoms with Gasteiger partial charge in [-0.15, -0.1) is 0 Å². The Morgan fingerprint density at radius 2 is 2.09 bits per heavy atom. The molecule has 1 aromatic carbocycles. The zero-order valence-electron chi connectivity index (χ0n) is 17.4. The number of halogens is 3. The maximum absolute atomic E-state index is 15.3. The van der Waals surface area contributed by atoms with Crippen molar-refractivity contribution in [1.29, 1.82) is 0 Å². The fourth-order valence-electron chi connectivity index (χ4n) is 4.50. The van der Waals surface area contributed by atoms with Crippen LogP contribution in [0.5, 0.6) is 0 Å². The van der Waals surface area contributed by atoms with Crippen LogP contribution in [0.1, 0.15) is 17.9 Å². The Morgan fingerprint density at radius 1 is 1.25 bits per heavy atom. The summed E-state index contributed by atoms with van der Waals surface area (Å²) >= 11 is 12.7. The van der Waals surface area contributed by atoms with Crippen molar-refractivity contribution in [2.75, 3.05) is 31.6 Å². The summed E-state index contributed by atoms with van der Waals surface area (Å²) in [6.45, 7) is 1.64. The predicted octanol–water partition coefficient (Wildman–Crippen LogP) is 3.30. The Balaban J connectivity index is 1.39. The van der Waals surface area contributed by atoms with Crippen molar-refractivity contribution in [1.82, 2.24) is 24.6 Å². The zero-order chi connectivity index (χ0) is 22.4. The molecule has 32 heavy (non-hydrogen) atoms. The summed E-state index contributed by atoms with van der Waals surface area (Å²) in [4.78, 5) is 10.9.